The van der Waals surface area contributed by atoms with E-state index in [-0.39, 0.29) is 0 Å². The van der Waals surface area contributed by atoms with Crippen LogP contribution in [0.2, 0.25) is 5.02 Å². The van der Waals surface area contributed by atoms with Crippen LogP contribution in [-0.2, 0) is 11.3 Å². The van der Waals surface area contributed by atoms with E-state index >= 15 is 0 Å². The Morgan fingerprint density at radius 1 is 1.26 bits per heavy atom. The zero-order valence-electron chi connectivity index (χ0n) is 10.4. The van der Waals surface area contributed by atoms with Gasteiger partial charge in [-0.25, -0.2) is 0 Å². The number of rotatable bonds is 7. The molecule has 1 aromatic heterocycles. The average molecular weight is 298 g/mol. The summed E-state index contributed by atoms with van der Waals surface area (Å²) in [5.74, 6) is 0. The Morgan fingerprint density at radius 3 is 2.74 bits per heavy atom. The largest absolute Gasteiger partial charge is 0.389 e. The first-order valence-electron chi connectivity index (χ1n) is 6.01. The molecule has 3 nitrogen and oxygen atoms in total. The summed E-state index contributed by atoms with van der Waals surface area (Å²) >= 11 is 7.45. The van der Waals surface area contributed by atoms with E-state index in [2.05, 4.69) is 5.32 Å². The summed E-state index contributed by atoms with van der Waals surface area (Å²) in [5.41, 5.74) is 0.932. The third kappa shape index (κ3) is 5.20. The van der Waals surface area contributed by atoms with Crippen molar-refractivity contribution in [2.75, 3.05) is 18.5 Å². The number of benzene rings is 1. The standard InChI is InChI=1S/C14H16ClNO2S/c15-11-3-5-12(6-4-11)16-8-13(17)9-18-10-14-2-1-7-19-14/h1-7,13,16-17H,8-10H2. The normalized spacial score (nSPS) is 12.3. The lowest BCUT2D eigenvalue weighted by atomic mass is 10.3. The van der Waals surface area contributed by atoms with Crippen LogP contribution in [0.3, 0.4) is 0 Å². The van der Waals surface area contributed by atoms with Crippen molar-refractivity contribution in [3.8, 4) is 0 Å². The van der Waals surface area contributed by atoms with Gasteiger partial charge in [-0.1, -0.05) is 17.7 Å². The molecule has 0 aliphatic rings. The lowest BCUT2D eigenvalue weighted by Gasteiger charge is -2.13. The van der Waals surface area contributed by atoms with Crippen molar-refractivity contribution in [3.63, 3.8) is 0 Å². The van der Waals surface area contributed by atoms with E-state index in [1.165, 1.54) is 0 Å². The van der Waals surface area contributed by atoms with Crippen LogP contribution in [0.5, 0.6) is 0 Å². The fraction of sp³-hybridized carbons (Fsp3) is 0.286. The molecule has 1 heterocycles. The van der Waals surface area contributed by atoms with Gasteiger partial charge in [-0.15, -0.1) is 11.3 Å². The fourth-order valence-electron chi connectivity index (χ4n) is 1.55. The van der Waals surface area contributed by atoms with Gasteiger partial charge in [0.1, 0.15) is 0 Å². The van der Waals surface area contributed by atoms with Crippen LogP contribution in [0.25, 0.3) is 0 Å². The maximum Gasteiger partial charge on any atom is 0.0945 e. The van der Waals surface area contributed by atoms with Gasteiger partial charge >= 0.3 is 0 Å². The third-order valence-electron chi connectivity index (χ3n) is 2.52. The van der Waals surface area contributed by atoms with Crippen molar-refractivity contribution in [2.45, 2.75) is 12.7 Å². The topological polar surface area (TPSA) is 41.5 Å². The number of nitrogens with one attached hydrogen (secondary N) is 1. The van der Waals surface area contributed by atoms with Gasteiger partial charge in [0, 0.05) is 22.1 Å². The molecule has 0 aliphatic carbocycles. The molecular weight excluding hydrogens is 282 g/mol. The van der Waals surface area contributed by atoms with Gasteiger partial charge in [-0.3, -0.25) is 0 Å². The Morgan fingerprint density at radius 2 is 2.05 bits per heavy atom. The minimum atomic E-state index is -0.532. The van der Waals surface area contributed by atoms with Crippen molar-refractivity contribution in [1.29, 1.82) is 0 Å². The summed E-state index contributed by atoms with van der Waals surface area (Å²) in [6, 6.07) is 11.4. The number of aliphatic hydroxyl groups excluding tert-OH is 1. The molecule has 2 N–H and O–H groups in total. The van der Waals surface area contributed by atoms with Gasteiger partial charge in [0.05, 0.1) is 19.3 Å². The Kier molecular flexibility index (Phi) is 5.66. The molecule has 102 valence electrons. The molecule has 1 atom stereocenters. The number of anilines is 1. The predicted molar refractivity (Wildman–Crippen MR) is 79.9 cm³/mol. The molecule has 1 unspecified atom stereocenters. The lowest BCUT2D eigenvalue weighted by molar-refractivity contribution is 0.0359. The first-order valence-corrected chi connectivity index (χ1v) is 7.27. The maximum absolute atomic E-state index is 9.78. The van der Waals surface area contributed by atoms with Gasteiger partial charge in [0.25, 0.3) is 0 Å². The lowest BCUT2D eigenvalue weighted by Crippen LogP contribution is -2.24. The molecule has 2 rings (SSSR count). The van der Waals surface area contributed by atoms with E-state index in [1.807, 2.05) is 41.8 Å². The molecule has 19 heavy (non-hydrogen) atoms. The third-order valence-corrected chi connectivity index (χ3v) is 3.62. The predicted octanol–water partition coefficient (Wildman–Crippen LogP) is 3.39. The first-order chi connectivity index (χ1) is 9.24. The van der Waals surface area contributed by atoms with E-state index in [0.717, 1.165) is 10.6 Å². The van der Waals surface area contributed by atoms with Crippen LogP contribution in [0, 0.1) is 0 Å². The second kappa shape index (κ2) is 7.50. The van der Waals surface area contributed by atoms with Gasteiger partial charge in [-0.05, 0) is 35.7 Å². The maximum atomic E-state index is 9.78. The molecule has 0 saturated carbocycles. The summed E-state index contributed by atoms with van der Waals surface area (Å²) in [6.45, 7) is 1.32. The van der Waals surface area contributed by atoms with Crippen molar-refractivity contribution in [2.24, 2.45) is 0 Å². The minimum absolute atomic E-state index is 0.318. The van der Waals surface area contributed by atoms with Crippen molar-refractivity contribution in [3.05, 3.63) is 51.7 Å². The molecule has 2 aromatic rings. The Balaban J connectivity index is 1.64. The van der Waals surface area contributed by atoms with Gasteiger partial charge < -0.3 is 15.2 Å². The highest BCUT2D eigenvalue weighted by Gasteiger charge is 2.04. The van der Waals surface area contributed by atoms with Gasteiger partial charge in [0.15, 0.2) is 0 Å². The van der Waals surface area contributed by atoms with E-state index in [0.29, 0.717) is 24.8 Å². The monoisotopic (exact) mass is 297 g/mol. The molecular formula is C14H16ClNO2S. The second-order valence-corrected chi connectivity index (χ2v) is 5.60. The van der Waals surface area contributed by atoms with Crippen LogP contribution in [0.4, 0.5) is 5.69 Å². The molecule has 0 radical (unpaired) electrons. The van der Waals surface area contributed by atoms with E-state index < -0.39 is 6.10 Å². The highest BCUT2D eigenvalue weighted by molar-refractivity contribution is 7.09. The summed E-state index contributed by atoms with van der Waals surface area (Å²) in [4.78, 5) is 1.16. The molecule has 0 fully saturated rings. The Labute approximate surface area is 121 Å². The SMILES string of the molecule is OC(CNc1ccc(Cl)cc1)COCc1cccs1. The van der Waals surface area contributed by atoms with Crippen LogP contribution < -0.4 is 5.32 Å². The summed E-state index contributed by atoms with van der Waals surface area (Å²) in [7, 11) is 0. The molecule has 0 saturated heterocycles. The number of hydrogen-bond acceptors (Lipinski definition) is 4. The quantitative estimate of drug-likeness (QED) is 0.823. The number of halogens is 1. The molecule has 1 aromatic carbocycles. The summed E-state index contributed by atoms with van der Waals surface area (Å²) < 4.78 is 5.45. The highest BCUT2D eigenvalue weighted by atomic mass is 35.5. The average Bonchev–Trinajstić information content (AvgIpc) is 2.91. The van der Waals surface area contributed by atoms with Crippen LogP contribution in [0.1, 0.15) is 4.88 Å². The number of hydrogen-bond donors (Lipinski definition) is 2. The molecule has 0 bridgehead atoms. The van der Waals surface area contributed by atoms with Crippen LogP contribution in [-0.4, -0.2) is 24.4 Å². The molecule has 0 amide bonds. The highest BCUT2D eigenvalue weighted by Crippen LogP contribution is 2.13. The van der Waals surface area contributed by atoms with Crippen molar-refractivity contribution < 1.29 is 9.84 Å². The molecule has 0 spiro atoms. The zero-order valence-corrected chi connectivity index (χ0v) is 12.0. The van der Waals surface area contributed by atoms with E-state index in [4.69, 9.17) is 16.3 Å². The van der Waals surface area contributed by atoms with Gasteiger partial charge in [0.2, 0.25) is 0 Å². The summed E-state index contributed by atoms with van der Waals surface area (Å²) in [6.07, 6.45) is -0.532. The fourth-order valence-corrected chi connectivity index (χ4v) is 2.32. The summed E-state index contributed by atoms with van der Waals surface area (Å²) in [5, 5.41) is 15.6. The number of aliphatic hydroxyl groups is 1. The van der Waals surface area contributed by atoms with Crippen molar-refractivity contribution >= 4 is 28.6 Å². The van der Waals surface area contributed by atoms with Gasteiger partial charge in [-0.2, -0.15) is 0 Å². The Bertz CT molecular complexity index is 473. The van der Waals surface area contributed by atoms with Crippen LogP contribution >= 0.6 is 22.9 Å². The molecule has 5 heteroatoms. The minimum Gasteiger partial charge on any atom is -0.389 e. The number of thiophene rings is 1. The van der Waals surface area contributed by atoms with Crippen molar-refractivity contribution in [1.82, 2.24) is 0 Å². The first kappa shape index (κ1) is 14.3. The molecule has 0 aliphatic heterocycles. The second-order valence-electron chi connectivity index (χ2n) is 4.14. The van der Waals surface area contributed by atoms with E-state index in [9.17, 15) is 5.11 Å². The Hall–Kier alpha value is -1.07. The number of ether oxygens (including phenoxy) is 1. The smallest absolute Gasteiger partial charge is 0.0945 e. The zero-order chi connectivity index (χ0) is 13.5. The van der Waals surface area contributed by atoms with Crippen LogP contribution in [0.15, 0.2) is 41.8 Å². The van der Waals surface area contributed by atoms with E-state index in [1.54, 1.807) is 11.3 Å².